The number of nitrogens with one attached hydrogen (secondary N) is 1. The molecule has 1 spiro atoms. The summed E-state index contributed by atoms with van der Waals surface area (Å²) in [5.41, 5.74) is 2.26. The van der Waals surface area contributed by atoms with Gasteiger partial charge >= 0.3 is 0 Å². The maximum Gasteiger partial charge on any atom is 0.238 e. The van der Waals surface area contributed by atoms with Crippen molar-refractivity contribution in [2.75, 3.05) is 0 Å². The molecule has 4 rings (SSSR count). The van der Waals surface area contributed by atoms with Crippen molar-refractivity contribution in [3.8, 4) is 0 Å². The summed E-state index contributed by atoms with van der Waals surface area (Å²) < 4.78 is 0. The van der Waals surface area contributed by atoms with Crippen molar-refractivity contribution >= 4 is 17.5 Å². The molecule has 2 N–H and O–H groups in total. The van der Waals surface area contributed by atoms with Gasteiger partial charge in [0.25, 0.3) is 0 Å². The Kier molecular flexibility index (Phi) is 1.82. The van der Waals surface area contributed by atoms with Gasteiger partial charge in [-0.15, -0.1) is 0 Å². The fourth-order valence-corrected chi connectivity index (χ4v) is 4.02. The Balaban J connectivity index is 2.13. The summed E-state index contributed by atoms with van der Waals surface area (Å²) in [4.78, 5) is 24.4. The van der Waals surface area contributed by atoms with Crippen molar-refractivity contribution in [2.45, 2.75) is 24.7 Å². The monoisotopic (exact) mass is 256 g/mol. The largest absolute Gasteiger partial charge is 0.411 e. The minimum absolute atomic E-state index is 0.241. The quantitative estimate of drug-likeness (QED) is 0.408. The molecule has 1 saturated heterocycles. The molecule has 1 heterocycles. The SMILES string of the molecule is O=C1NC(=O)[C@]23CCCc4cccc(c42)/C(=N\O)[C@H]13. The number of benzene rings is 1. The molecule has 0 saturated carbocycles. The van der Waals surface area contributed by atoms with Gasteiger partial charge in [0.1, 0.15) is 11.6 Å². The summed E-state index contributed by atoms with van der Waals surface area (Å²) in [5, 5.41) is 15.0. The average molecular weight is 256 g/mol. The molecule has 2 aliphatic carbocycles. The highest BCUT2D eigenvalue weighted by atomic mass is 16.4. The molecule has 2 atom stereocenters. The fraction of sp³-hybridized carbons (Fsp3) is 0.357. The summed E-state index contributed by atoms with van der Waals surface area (Å²) >= 11 is 0. The van der Waals surface area contributed by atoms with E-state index in [9.17, 15) is 14.8 Å². The van der Waals surface area contributed by atoms with Gasteiger partial charge in [-0.05, 0) is 30.4 Å². The van der Waals surface area contributed by atoms with Crippen LogP contribution in [0.3, 0.4) is 0 Å². The molecule has 5 nitrogen and oxygen atoms in total. The fourth-order valence-electron chi connectivity index (χ4n) is 4.02. The van der Waals surface area contributed by atoms with E-state index in [0.29, 0.717) is 12.1 Å². The van der Waals surface area contributed by atoms with Crippen molar-refractivity contribution < 1.29 is 14.8 Å². The zero-order valence-electron chi connectivity index (χ0n) is 10.1. The van der Waals surface area contributed by atoms with Crippen LogP contribution in [0.1, 0.15) is 29.5 Å². The highest BCUT2D eigenvalue weighted by molar-refractivity contribution is 6.29. The molecule has 0 radical (unpaired) electrons. The Bertz CT molecular complexity index is 665. The highest BCUT2D eigenvalue weighted by Crippen LogP contribution is 2.53. The lowest BCUT2D eigenvalue weighted by atomic mass is 9.67. The molecule has 1 aromatic rings. The van der Waals surface area contributed by atoms with Gasteiger partial charge in [-0.1, -0.05) is 23.4 Å². The van der Waals surface area contributed by atoms with E-state index in [-0.39, 0.29) is 11.8 Å². The van der Waals surface area contributed by atoms with Gasteiger partial charge in [-0.25, -0.2) is 0 Å². The van der Waals surface area contributed by atoms with Gasteiger partial charge < -0.3 is 5.21 Å². The number of aryl methyl sites for hydroxylation is 1. The number of amides is 2. The van der Waals surface area contributed by atoms with E-state index in [1.165, 1.54) is 0 Å². The summed E-state index contributed by atoms with van der Waals surface area (Å²) in [6.45, 7) is 0. The zero-order valence-corrected chi connectivity index (χ0v) is 10.1. The van der Waals surface area contributed by atoms with E-state index in [0.717, 1.165) is 29.5 Å². The van der Waals surface area contributed by atoms with Crippen LogP contribution in [0.2, 0.25) is 0 Å². The second-order valence-corrected chi connectivity index (χ2v) is 5.40. The Morgan fingerprint density at radius 1 is 1.37 bits per heavy atom. The zero-order chi connectivity index (χ0) is 13.2. The summed E-state index contributed by atoms with van der Waals surface area (Å²) in [5.74, 6) is -1.25. The molecule has 0 aromatic heterocycles. The number of imide groups is 1. The highest BCUT2D eigenvalue weighted by Gasteiger charge is 2.64. The molecule has 0 bridgehead atoms. The maximum atomic E-state index is 12.4. The molecule has 5 heteroatoms. The molecule has 1 aliphatic heterocycles. The van der Waals surface area contributed by atoms with Crippen LogP contribution in [0.4, 0.5) is 0 Å². The van der Waals surface area contributed by atoms with Crippen LogP contribution in [-0.2, 0) is 21.4 Å². The van der Waals surface area contributed by atoms with Crippen LogP contribution in [0.15, 0.2) is 23.4 Å². The minimum atomic E-state index is -0.831. The average Bonchev–Trinajstić information content (AvgIpc) is 2.84. The number of carbonyl (C=O) groups is 2. The van der Waals surface area contributed by atoms with E-state index in [4.69, 9.17) is 0 Å². The van der Waals surface area contributed by atoms with E-state index < -0.39 is 11.3 Å². The smallest absolute Gasteiger partial charge is 0.238 e. The van der Waals surface area contributed by atoms with Crippen molar-refractivity contribution in [3.63, 3.8) is 0 Å². The second kappa shape index (κ2) is 3.23. The number of nitrogens with zero attached hydrogens (tertiary/aromatic N) is 1. The van der Waals surface area contributed by atoms with Gasteiger partial charge in [0, 0.05) is 5.56 Å². The lowest BCUT2D eigenvalue weighted by Gasteiger charge is -2.31. The molecule has 2 amide bonds. The van der Waals surface area contributed by atoms with Crippen LogP contribution in [0.5, 0.6) is 0 Å². The molecule has 1 fully saturated rings. The van der Waals surface area contributed by atoms with Crippen molar-refractivity contribution in [3.05, 3.63) is 34.9 Å². The van der Waals surface area contributed by atoms with Gasteiger partial charge in [-0.2, -0.15) is 0 Å². The van der Waals surface area contributed by atoms with Crippen LogP contribution >= 0.6 is 0 Å². The van der Waals surface area contributed by atoms with Gasteiger partial charge in [0.2, 0.25) is 11.8 Å². The van der Waals surface area contributed by atoms with E-state index in [2.05, 4.69) is 10.5 Å². The normalized spacial score (nSPS) is 33.3. The van der Waals surface area contributed by atoms with E-state index >= 15 is 0 Å². The first-order chi connectivity index (χ1) is 9.20. The molecular formula is C14H12N2O3. The number of hydrogen-bond acceptors (Lipinski definition) is 4. The van der Waals surface area contributed by atoms with Crippen LogP contribution in [0, 0.1) is 5.92 Å². The topological polar surface area (TPSA) is 78.8 Å². The third kappa shape index (κ3) is 1.01. The molecular weight excluding hydrogens is 244 g/mol. The lowest BCUT2D eigenvalue weighted by molar-refractivity contribution is -0.126. The first kappa shape index (κ1) is 10.7. The Morgan fingerprint density at radius 2 is 2.21 bits per heavy atom. The van der Waals surface area contributed by atoms with Crippen molar-refractivity contribution in [1.29, 1.82) is 0 Å². The predicted molar refractivity (Wildman–Crippen MR) is 66.0 cm³/mol. The van der Waals surface area contributed by atoms with Gasteiger partial charge in [-0.3, -0.25) is 14.9 Å². The first-order valence-electron chi connectivity index (χ1n) is 6.40. The second-order valence-electron chi connectivity index (χ2n) is 5.40. The number of rotatable bonds is 0. The first-order valence-corrected chi connectivity index (χ1v) is 6.40. The standard InChI is InChI=1S/C14H12N2O3/c17-12-10-11(16-19)8-5-1-3-7-4-2-6-14(10,9(7)8)13(18)15-12/h1,3,5,10,19H,2,4,6H2,(H,15,17,18)/b16-11+/t10-,14-/m1/s1. The third-order valence-corrected chi connectivity index (χ3v) is 4.67. The summed E-state index contributed by atoms with van der Waals surface area (Å²) in [6.07, 6.45) is 2.41. The van der Waals surface area contributed by atoms with Crippen LogP contribution in [-0.4, -0.2) is 22.7 Å². The molecule has 0 unspecified atom stereocenters. The summed E-state index contributed by atoms with van der Waals surface area (Å²) in [6, 6.07) is 5.72. The van der Waals surface area contributed by atoms with Crippen molar-refractivity contribution in [2.24, 2.45) is 11.1 Å². The lowest BCUT2D eigenvalue weighted by Crippen LogP contribution is -2.40. The number of hydrogen-bond donors (Lipinski definition) is 2. The molecule has 19 heavy (non-hydrogen) atoms. The summed E-state index contributed by atoms with van der Waals surface area (Å²) in [7, 11) is 0. The van der Waals surface area contributed by atoms with E-state index in [1.807, 2.05) is 18.2 Å². The van der Waals surface area contributed by atoms with Crippen LogP contribution < -0.4 is 5.32 Å². The minimum Gasteiger partial charge on any atom is -0.411 e. The van der Waals surface area contributed by atoms with Gasteiger partial charge in [0.05, 0.1) is 5.41 Å². The third-order valence-electron chi connectivity index (χ3n) is 4.67. The van der Waals surface area contributed by atoms with Crippen LogP contribution in [0.25, 0.3) is 0 Å². The Hall–Kier alpha value is -2.17. The number of carbonyl (C=O) groups excluding carboxylic acids is 2. The predicted octanol–water partition coefficient (Wildman–Crippen LogP) is 0.725. The molecule has 3 aliphatic rings. The molecule has 96 valence electrons. The Morgan fingerprint density at radius 3 is 3.00 bits per heavy atom. The van der Waals surface area contributed by atoms with E-state index in [1.54, 1.807) is 0 Å². The molecule has 1 aromatic carbocycles. The maximum absolute atomic E-state index is 12.4. The Labute approximate surface area is 109 Å². The van der Waals surface area contributed by atoms with Gasteiger partial charge in [0.15, 0.2) is 0 Å². The van der Waals surface area contributed by atoms with Crippen molar-refractivity contribution in [1.82, 2.24) is 5.32 Å². The number of oxime groups is 1.